The second-order valence-electron chi connectivity index (χ2n) is 21.5. The number of fused-ring (bicyclic) bond motifs is 4. The summed E-state index contributed by atoms with van der Waals surface area (Å²) in [5.74, 6) is -0.00198. The van der Waals surface area contributed by atoms with E-state index in [1.165, 1.54) is 18.1 Å². The predicted molar refractivity (Wildman–Crippen MR) is 289 cm³/mol. The number of hydrogen-bond acceptors (Lipinski definition) is 12. The fraction of sp³-hybridized carbons (Fsp3) is 0.433. The van der Waals surface area contributed by atoms with Crippen molar-refractivity contribution in [2.45, 2.75) is 111 Å². The maximum absolute atomic E-state index is 14.4. The summed E-state index contributed by atoms with van der Waals surface area (Å²) >= 11 is 0. The van der Waals surface area contributed by atoms with Gasteiger partial charge in [-0.15, -0.1) is 0 Å². The van der Waals surface area contributed by atoms with Gasteiger partial charge >= 0.3 is 12.2 Å². The molecule has 1 spiro atoms. The first-order valence-electron chi connectivity index (χ1n) is 26.5. The van der Waals surface area contributed by atoms with Crippen LogP contribution in [0.15, 0.2) is 91.7 Å². The van der Waals surface area contributed by atoms with E-state index in [9.17, 15) is 33.9 Å². The van der Waals surface area contributed by atoms with Gasteiger partial charge in [-0.3, -0.25) is 24.1 Å². The number of ether oxygens (including phenoxy) is 5. The van der Waals surface area contributed by atoms with Crippen molar-refractivity contribution in [3.63, 3.8) is 0 Å². The molecule has 0 radical (unpaired) electrons. The normalized spacial score (nSPS) is 19.7. The van der Waals surface area contributed by atoms with Gasteiger partial charge in [-0.2, -0.15) is 0 Å². The molecule has 9 rings (SSSR count). The van der Waals surface area contributed by atoms with Gasteiger partial charge in [-0.1, -0.05) is 87.5 Å². The van der Waals surface area contributed by atoms with Crippen molar-refractivity contribution in [1.82, 2.24) is 15.1 Å². The highest BCUT2D eigenvalue weighted by Gasteiger charge is 2.58. The van der Waals surface area contributed by atoms with Crippen molar-refractivity contribution < 1.29 is 57.6 Å². The van der Waals surface area contributed by atoms with Crippen molar-refractivity contribution in [2.24, 2.45) is 17.3 Å². The van der Waals surface area contributed by atoms with Crippen molar-refractivity contribution >= 4 is 52.6 Å². The lowest BCUT2D eigenvalue weighted by atomic mass is 9.96. The first-order valence-corrected chi connectivity index (χ1v) is 26.5. The fourth-order valence-corrected chi connectivity index (χ4v) is 10.5. The molecular formula is C60H69N5O12. The molecule has 5 atom stereocenters. The first kappa shape index (κ1) is 54.1. The Bertz CT molecular complexity index is 2990. The van der Waals surface area contributed by atoms with Crippen LogP contribution in [0.1, 0.15) is 108 Å². The Morgan fingerprint density at radius 3 is 2.18 bits per heavy atom. The van der Waals surface area contributed by atoms with Gasteiger partial charge in [0.25, 0.3) is 11.8 Å². The third-order valence-electron chi connectivity index (χ3n) is 15.7. The summed E-state index contributed by atoms with van der Waals surface area (Å²) in [4.78, 5) is 88.2. The fourth-order valence-electron chi connectivity index (χ4n) is 10.5. The van der Waals surface area contributed by atoms with Crippen LogP contribution < -0.4 is 29.3 Å². The number of amides is 5. The van der Waals surface area contributed by atoms with E-state index in [1.807, 2.05) is 65.1 Å². The Hall–Kier alpha value is -7.66. The summed E-state index contributed by atoms with van der Waals surface area (Å²) in [7, 11) is 1.48. The second kappa shape index (κ2) is 22.5. The van der Waals surface area contributed by atoms with Crippen molar-refractivity contribution in [3.8, 4) is 17.2 Å². The molecule has 0 aromatic heterocycles. The van der Waals surface area contributed by atoms with Crippen LogP contribution >= 0.6 is 0 Å². The smallest absolute Gasteiger partial charge is 0.416 e. The quantitative estimate of drug-likeness (QED) is 0.0711. The van der Waals surface area contributed by atoms with Gasteiger partial charge in [0.1, 0.15) is 19.0 Å². The number of aliphatic hydroxyl groups is 1. The number of methoxy groups -OCH3 is 1. The standard InChI is InChI=1S/C60H69N5O12/c1-9-21-76-58(71)63-32-44-26-43(42-17-11-36(4)12-18-42)31-62(44)55(68)46-27-52(73-8)53(28-47(46)63)75-23-10-22-74-51-29-48-45(24-37(51)5)56(69)64-34-60(19-20-60)30-49(64)57(70)65(48)59(72)77-33-41-15-13-40(14-16-41)25-50(66)39(7)61-54(67)38(6)35(2)3/h9,11-18,24,27-29,31,35,38-39,44,49,57,70H,1,10,19-23,25-26,30,32-34H2,2-8H3,(H,61,67)/t38-,39-,44-,49-,57?/m0/s1. The number of benzene rings is 4. The Kier molecular flexibility index (Phi) is 15.8. The molecule has 17 nitrogen and oxygen atoms in total. The van der Waals surface area contributed by atoms with Gasteiger partial charge in [0.15, 0.2) is 23.5 Å². The molecule has 5 aliphatic rings. The number of aliphatic hydroxyl groups excluding tert-OH is 1. The number of carbonyl (C=O) groups is 6. The maximum Gasteiger partial charge on any atom is 0.416 e. The largest absolute Gasteiger partial charge is 0.493 e. The van der Waals surface area contributed by atoms with E-state index in [4.69, 9.17) is 23.7 Å². The molecule has 4 aliphatic heterocycles. The predicted octanol–water partition coefficient (Wildman–Crippen LogP) is 8.94. The van der Waals surface area contributed by atoms with Crippen molar-refractivity contribution in [1.29, 1.82) is 0 Å². The van der Waals surface area contributed by atoms with E-state index >= 15 is 0 Å². The van der Waals surface area contributed by atoms with E-state index in [0.717, 1.165) is 40.0 Å². The summed E-state index contributed by atoms with van der Waals surface area (Å²) in [6.07, 6.45) is 3.86. The lowest BCUT2D eigenvalue weighted by Gasteiger charge is -2.31. The number of aryl methyl sites for hydroxylation is 2. The molecule has 406 valence electrons. The maximum atomic E-state index is 14.4. The van der Waals surface area contributed by atoms with Crippen molar-refractivity contribution in [3.05, 3.63) is 131 Å². The highest BCUT2D eigenvalue weighted by atomic mass is 16.6. The van der Waals surface area contributed by atoms with Gasteiger partial charge in [-0.05, 0) is 97.7 Å². The SMILES string of the molecule is C=CCOC(=O)N1C[C@@H]2CC(c3ccc(C)cc3)=CN2C(=O)c2cc(OC)c(OCCCOc3cc4c(cc3C)C(=O)N3CC5(CC5)C[C@H]3C(O)N4C(=O)OCc3ccc(CC(=O)[C@H](C)NC(=O)[C@@H](C)C(C)C)cc3)cc21. The molecule has 17 heteroatoms. The molecule has 77 heavy (non-hydrogen) atoms. The molecule has 0 bridgehead atoms. The minimum Gasteiger partial charge on any atom is -0.493 e. The van der Waals surface area contributed by atoms with Crippen LogP contribution in [0.3, 0.4) is 0 Å². The number of rotatable bonds is 18. The molecule has 1 unspecified atom stereocenters. The van der Waals surface area contributed by atoms with Crippen molar-refractivity contribution in [2.75, 3.05) is 49.8 Å². The number of carbonyl (C=O) groups excluding carboxylic acids is 6. The van der Waals surface area contributed by atoms with E-state index in [2.05, 4.69) is 11.9 Å². The molecule has 2 N–H and O–H groups in total. The third-order valence-corrected chi connectivity index (χ3v) is 15.7. The van der Waals surface area contributed by atoms with Crippen LogP contribution in [0.5, 0.6) is 17.2 Å². The summed E-state index contributed by atoms with van der Waals surface area (Å²) in [5.41, 5.74) is 6.00. The van der Waals surface area contributed by atoms with Crippen LogP contribution in [-0.2, 0) is 32.1 Å². The van der Waals surface area contributed by atoms with Gasteiger partial charge < -0.3 is 43.9 Å². The van der Waals surface area contributed by atoms with Crippen LogP contribution in [0.2, 0.25) is 0 Å². The highest BCUT2D eigenvalue weighted by molar-refractivity contribution is 6.07. The first-order chi connectivity index (χ1) is 36.9. The average Bonchev–Trinajstić information content (AvgIpc) is 4.01. The van der Waals surface area contributed by atoms with E-state index < -0.39 is 30.5 Å². The third kappa shape index (κ3) is 11.4. The molecule has 4 aromatic carbocycles. The van der Waals surface area contributed by atoms with Gasteiger partial charge in [0.05, 0.1) is 67.5 Å². The molecule has 1 saturated heterocycles. The molecule has 1 aliphatic carbocycles. The number of anilines is 2. The summed E-state index contributed by atoms with van der Waals surface area (Å²) in [5, 5.41) is 14.9. The van der Waals surface area contributed by atoms with E-state index in [-0.39, 0.29) is 109 Å². The Labute approximate surface area is 449 Å². The molecular weight excluding hydrogens is 983 g/mol. The number of ketones is 1. The second-order valence-corrected chi connectivity index (χ2v) is 21.5. The number of nitrogens with one attached hydrogen (secondary N) is 1. The summed E-state index contributed by atoms with van der Waals surface area (Å²) < 4.78 is 29.8. The average molecular weight is 1050 g/mol. The van der Waals surface area contributed by atoms with Gasteiger partial charge in [0.2, 0.25) is 5.91 Å². The number of hydrogen-bond donors (Lipinski definition) is 2. The van der Waals surface area contributed by atoms with E-state index in [0.29, 0.717) is 54.1 Å². The number of Topliss-reactive ketones (excluding diaryl/α,β-unsaturated/α-hetero) is 1. The van der Waals surface area contributed by atoms with Gasteiger partial charge in [-0.25, -0.2) is 14.5 Å². The zero-order valence-corrected chi connectivity index (χ0v) is 45.0. The van der Waals surface area contributed by atoms with Crippen LogP contribution in [0.25, 0.3) is 5.57 Å². The molecule has 4 heterocycles. The monoisotopic (exact) mass is 1050 g/mol. The highest BCUT2D eigenvalue weighted by Crippen LogP contribution is 2.57. The molecule has 1 saturated carbocycles. The summed E-state index contributed by atoms with van der Waals surface area (Å²) in [6.45, 7) is 15.7. The lowest BCUT2D eigenvalue weighted by molar-refractivity contribution is -0.130. The zero-order valence-electron chi connectivity index (χ0n) is 45.0. The van der Waals surface area contributed by atoms with Crippen LogP contribution in [0.4, 0.5) is 21.0 Å². The molecule has 5 amide bonds. The minimum absolute atomic E-state index is 0.0216. The lowest BCUT2D eigenvalue weighted by Crippen LogP contribution is -2.50. The Balaban J connectivity index is 0.881. The number of nitrogens with zero attached hydrogens (tertiary/aromatic N) is 4. The Morgan fingerprint density at radius 2 is 1.51 bits per heavy atom. The zero-order chi connectivity index (χ0) is 54.9. The van der Waals surface area contributed by atoms with E-state index in [1.54, 1.807) is 65.3 Å². The van der Waals surface area contributed by atoms with Gasteiger partial charge in [0, 0.05) is 43.6 Å². The Morgan fingerprint density at radius 1 is 0.831 bits per heavy atom. The molecule has 2 fully saturated rings. The van der Waals surface area contributed by atoms with Crippen LogP contribution in [0, 0.1) is 31.1 Å². The minimum atomic E-state index is -1.41. The topological polar surface area (TPSA) is 194 Å². The van der Waals surface area contributed by atoms with Crippen LogP contribution in [-0.4, -0.2) is 115 Å². The molecule has 4 aromatic rings. The summed E-state index contributed by atoms with van der Waals surface area (Å²) in [6, 6.07) is 20.0.